The number of carbonyl (C=O) groups is 2. The van der Waals surface area contributed by atoms with E-state index < -0.39 is 11.7 Å². The second-order valence-corrected chi connectivity index (χ2v) is 7.76. The Labute approximate surface area is 161 Å². The Morgan fingerprint density at radius 3 is 2.63 bits per heavy atom. The molecule has 6 heteroatoms. The summed E-state index contributed by atoms with van der Waals surface area (Å²) in [5, 5.41) is 2.79. The van der Waals surface area contributed by atoms with Crippen molar-refractivity contribution in [2.24, 2.45) is 5.92 Å². The molecule has 0 saturated heterocycles. The Morgan fingerprint density at radius 2 is 2.00 bits per heavy atom. The number of fused-ring (bicyclic) bond motifs is 1. The minimum absolute atomic E-state index is 0.162. The van der Waals surface area contributed by atoms with Crippen molar-refractivity contribution in [1.82, 2.24) is 5.32 Å². The second kappa shape index (κ2) is 9.11. The van der Waals surface area contributed by atoms with Crippen molar-refractivity contribution in [3.8, 4) is 5.75 Å². The normalized spacial score (nSPS) is 14.1. The van der Waals surface area contributed by atoms with Crippen LogP contribution in [0.15, 0.2) is 12.1 Å². The molecule has 1 aliphatic rings. The van der Waals surface area contributed by atoms with Gasteiger partial charge in [0.25, 0.3) is 0 Å². The highest BCUT2D eigenvalue weighted by atomic mass is 16.6. The van der Waals surface area contributed by atoms with E-state index in [1.54, 1.807) is 0 Å². The number of amides is 1. The van der Waals surface area contributed by atoms with E-state index in [0.717, 1.165) is 35.3 Å². The molecule has 0 saturated carbocycles. The van der Waals surface area contributed by atoms with Crippen LogP contribution in [0.25, 0.3) is 0 Å². The first-order chi connectivity index (χ1) is 12.7. The fourth-order valence-electron chi connectivity index (χ4n) is 3.13. The van der Waals surface area contributed by atoms with Crippen molar-refractivity contribution in [3.63, 3.8) is 0 Å². The van der Waals surface area contributed by atoms with Crippen LogP contribution in [0.4, 0.5) is 4.79 Å². The van der Waals surface area contributed by atoms with Gasteiger partial charge in [-0.1, -0.05) is 19.1 Å². The van der Waals surface area contributed by atoms with E-state index in [-0.39, 0.29) is 11.9 Å². The van der Waals surface area contributed by atoms with Crippen molar-refractivity contribution in [1.29, 1.82) is 0 Å². The molecule has 150 valence electrons. The van der Waals surface area contributed by atoms with Gasteiger partial charge in [0.2, 0.25) is 0 Å². The van der Waals surface area contributed by atoms with Gasteiger partial charge >= 0.3 is 12.1 Å². The SMILES string of the molecule is CCOC(=O)C(CC)Cc1cc2c(c(CNC(=O)OC(C)(C)C)c1)OCC2. The Morgan fingerprint density at radius 1 is 1.26 bits per heavy atom. The van der Waals surface area contributed by atoms with Crippen molar-refractivity contribution >= 4 is 12.1 Å². The first kappa shape index (κ1) is 21.1. The van der Waals surface area contributed by atoms with Crippen LogP contribution in [0.3, 0.4) is 0 Å². The third-order valence-electron chi connectivity index (χ3n) is 4.34. The van der Waals surface area contributed by atoms with E-state index in [1.165, 1.54) is 0 Å². The number of rotatable bonds is 7. The quantitative estimate of drug-likeness (QED) is 0.732. The summed E-state index contributed by atoms with van der Waals surface area (Å²) < 4.78 is 16.2. The van der Waals surface area contributed by atoms with Gasteiger partial charge in [-0.25, -0.2) is 4.79 Å². The minimum atomic E-state index is -0.543. The van der Waals surface area contributed by atoms with E-state index in [4.69, 9.17) is 14.2 Å². The summed E-state index contributed by atoms with van der Waals surface area (Å²) in [4.78, 5) is 24.1. The second-order valence-electron chi connectivity index (χ2n) is 7.76. The van der Waals surface area contributed by atoms with Gasteiger partial charge in [0.05, 0.1) is 19.1 Å². The van der Waals surface area contributed by atoms with Gasteiger partial charge in [-0.2, -0.15) is 0 Å². The molecule has 1 aliphatic heterocycles. The molecule has 1 heterocycles. The number of ether oxygens (including phenoxy) is 3. The maximum absolute atomic E-state index is 12.1. The summed E-state index contributed by atoms with van der Waals surface area (Å²) in [6, 6.07) is 4.10. The molecule has 1 atom stereocenters. The van der Waals surface area contributed by atoms with Gasteiger partial charge in [-0.05, 0) is 51.7 Å². The Kier molecular flexibility index (Phi) is 7.11. The van der Waals surface area contributed by atoms with Gasteiger partial charge in [0, 0.05) is 18.5 Å². The molecule has 6 nitrogen and oxygen atoms in total. The summed E-state index contributed by atoms with van der Waals surface area (Å²) >= 11 is 0. The maximum atomic E-state index is 12.1. The zero-order valence-electron chi connectivity index (χ0n) is 17.0. The largest absolute Gasteiger partial charge is 0.493 e. The third kappa shape index (κ3) is 6.15. The zero-order chi connectivity index (χ0) is 20.0. The highest BCUT2D eigenvalue weighted by Crippen LogP contribution is 2.32. The molecule has 1 aromatic carbocycles. The van der Waals surface area contributed by atoms with Crippen LogP contribution >= 0.6 is 0 Å². The zero-order valence-corrected chi connectivity index (χ0v) is 17.0. The molecule has 0 spiro atoms. The number of esters is 1. The fraction of sp³-hybridized carbons (Fsp3) is 0.619. The van der Waals surface area contributed by atoms with Crippen molar-refractivity contribution in [3.05, 3.63) is 28.8 Å². The van der Waals surface area contributed by atoms with Gasteiger partial charge < -0.3 is 19.5 Å². The monoisotopic (exact) mass is 377 g/mol. The summed E-state index contributed by atoms with van der Waals surface area (Å²) in [5.74, 6) is 0.501. The van der Waals surface area contributed by atoms with Crippen LogP contribution in [0.5, 0.6) is 5.75 Å². The van der Waals surface area contributed by atoms with Gasteiger partial charge in [0.15, 0.2) is 0 Å². The van der Waals surface area contributed by atoms with Crippen LogP contribution in [-0.2, 0) is 33.7 Å². The first-order valence-electron chi connectivity index (χ1n) is 9.64. The molecular formula is C21H31NO5. The van der Waals surface area contributed by atoms with E-state index in [9.17, 15) is 9.59 Å². The average Bonchev–Trinajstić information content (AvgIpc) is 3.04. The lowest BCUT2D eigenvalue weighted by Gasteiger charge is -2.20. The average molecular weight is 377 g/mol. The fourth-order valence-corrected chi connectivity index (χ4v) is 3.13. The van der Waals surface area contributed by atoms with Crippen LogP contribution in [0.2, 0.25) is 0 Å². The number of nitrogens with one attached hydrogen (secondary N) is 1. The van der Waals surface area contributed by atoms with Gasteiger partial charge in [-0.3, -0.25) is 4.79 Å². The lowest BCUT2D eigenvalue weighted by Crippen LogP contribution is -2.32. The third-order valence-corrected chi connectivity index (χ3v) is 4.34. The van der Waals surface area contributed by atoms with Crippen LogP contribution in [0.1, 0.15) is 57.7 Å². The summed E-state index contributed by atoms with van der Waals surface area (Å²) in [7, 11) is 0. The molecule has 1 unspecified atom stereocenters. The van der Waals surface area contributed by atoms with Crippen molar-refractivity contribution in [2.45, 2.75) is 66.0 Å². The van der Waals surface area contributed by atoms with Crippen LogP contribution in [0, 0.1) is 5.92 Å². The predicted octanol–water partition coefficient (Wildman–Crippen LogP) is 3.78. The van der Waals surface area contributed by atoms with E-state index in [0.29, 0.717) is 26.2 Å². The van der Waals surface area contributed by atoms with Crippen LogP contribution in [-0.4, -0.2) is 30.9 Å². The highest BCUT2D eigenvalue weighted by molar-refractivity contribution is 5.73. The summed E-state index contributed by atoms with van der Waals surface area (Å²) in [5.41, 5.74) is 2.54. The number of carbonyl (C=O) groups excluding carboxylic acids is 2. The molecule has 0 radical (unpaired) electrons. The molecule has 0 fully saturated rings. The first-order valence-corrected chi connectivity index (χ1v) is 9.64. The maximum Gasteiger partial charge on any atom is 0.407 e. The molecule has 27 heavy (non-hydrogen) atoms. The number of hydrogen-bond acceptors (Lipinski definition) is 5. The molecule has 0 aromatic heterocycles. The molecule has 1 aromatic rings. The molecule has 2 rings (SSSR count). The molecule has 0 aliphatic carbocycles. The smallest absolute Gasteiger partial charge is 0.407 e. The Balaban J connectivity index is 2.13. The Hall–Kier alpha value is -2.24. The summed E-state index contributed by atoms with van der Waals surface area (Å²) in [6.07, 6.45) is 1.70. The molecule has 1 N–H and O–H groups in total. The topological polar surface area (TPSA) is 73.9 Å². The van der Waals surface area contributed by atoms with Gasteiger partial charge in [-0.15, -0.1) is 0 Å². The van der Waals surface area contributed by atoms with Gasteiger partial charge in [0.1, 0.15) is 11.4 Å². The number of benzene rings is 1. The van der Waals surface area contributed by atoms with Crippen molar-refractivity contribution in [2.75, 3.05) is 13.2 Å². The lowest BCUT2D eigenvalue weighted by molar-refractivity contribution is -0.148. The van der Waals surface area contributed by atoms with Crippen molar-refractivity contribution < 1.29 is 23.8 Å². The highest BCUT2D eigenvalue weighted by Gasteiger charge is 2.23. The standard InChI is InChI=1S/C21H31NO5/c1-6-15(19(23)25-7-2)10-14-11-16-8-9-26-18(16)17(12-14)13-22-20(24)27-21(3,4)5/h11-12,15H,6-10,13H2,1-5H3,(H,22,24). The summed E-state index contributed by atoms with van der Waals surface area (Å²) in [6.45, 7) is 10.6. The van der Waals surface area contributed by atoms with E-state index in [2.05, 4.69) is 11.4 Å². The number of hydrogen-bond donors (Lipinski definition) is 1. The number of alkyl carbamates (subject to hydrolysis) is 1. The molecular weight excluding hydrogens is 346 g/mol. The van der Waals surface area contributed by atoms with E-state index in [1.807, 2.05) is 40.7 Å². The minimum Gasteiger partial charge on any atom is -0.493 e. The molecule has 1 amide bonds. The van der Waals surface area contributed by atoms with E-state index >= 15 is 0 Å². The molecule has 0 bridgehead atoms. The lowest BCUT2D eigenvalue weighted by atomic mass is 9.93. The predicted molar refractivity (Wildman–Crippen MR) is 103 cm³/mol. The Bertz CT molecular complexity index is 678. The van der Waals surface area contributed by atoms with Crippen LogP contribution < -0.4 is 10.1 Å².